The lowest BCUT2D eigenvalue weighted by molar-refractivity contribution is -0.138. The summed E-state index contributed by atoms with van der Waals surface area (Å²) in [5, 5.41) is 20.9. The average Bonchev–Trinajstić information content (AvgIpc) is 2.94. The van der Waals surface area contributed by atoms with E-state index >= 15 is 0 Å². The van der Waals surface area contributed by atoms with Crippen LogP contribution in [0.15, 0.2) is 0 Å². The molecule has 19 heavy (non-hydrogen) atoms. The minimum atomic E-state index is -0.807. The second-order valence-electron chi connectivity index (χ2n) is 5.54. The van der Waals surface area contributed by atoms with E-state index in [0.29, 0.717) is 24.3 Å². The number of carbonyl (C=O) groups is 1. The number of hydrogen-bond donors (Lipinski definition) is 1. The van der Waals surface area contributed by atoms with E-state index in [-0.39, 0.29) is 18.6 Å². The quantitative estimate of drug-likeness (QED) is 0.861. The van der Waals surface area contributed by atoms with E-state index in [1.165, 1.54) is 0 Å². The van der Waals surface area contributed by atoms with Gasteiger partial charge in [0.15, 0.2) is 5.82 Å². The van der Waals surface area contributed by atoms with E-state index in [4.69, 9.17) is 9.84 Å². The van der Waals surface area contributed by atoms with Gasteiger partial charge in [-0.1, -0.05) is 6.92 Å². The van der Waals surface area contributed by atoms with E-state index in [1.54, 1.807) is 4.68 Å². The van der Waals surface area contributed by atoms with Gasteiger partial charge in [-0.15, -0.1) is 5.10 Å². The Morgan fingerprint density at radius 1 is 1.53 bits per heavy atom. The van der Waals surface area contributed by atoms with Crippen molar-refractivity contribution < 1.29 is 14.6 Å². The Balaban J connectivity index is 1.86. The predicted molar refractivity (Wildman–Crippen MR) is 64.3 cm³/mol. The first-order valence-corrected chi connectivity index (χ1v) is 6.78. The van der Waals surface area contributed by atoms with Crippen molar-refractivity contribution >= 4 is 5.97 Å². The van der Waals surface area contributed by atoms with Crippen LogP contribution in [0.25, 0.3) is 0 Å². The second kappa shape index (κ2) is 4.88. The molecule has 1 N–H and O–H groups in total. The van der Waals surface area contributed by atoms with Crippen LogP contribution in [0.5, 0.6) is 0 Å². The Kier molecular flexibility index (Phi) is 3.22. The molecule has 3 rings (SSSR count). The standard InChI is InChI=1S/C12H18N4O3/c1-7-4-5-19-11(7)12-13-14-15-16(12)9(6-10(17)18)8-2-3-8/h7-9,11H,2-6H2,1H3,(H,17,18). The fourth-order valence-corrected chi connectivity index (χ4v) is 2.76. The van der Waals surface area contributed by atoms with E-state index in [1.807, 2.05) is 0 Å². The first-order chi connectivity index (χ1) is 9.16. The molecule has 1 aliphatic carbocycles. The van der Waals surface area contributed by atoms with Crippen LogP contribution in [0, 0.1) is 11.8 Å². The molecular weight excluding hydrogens is 248 g/mol. The maximum atomic E-state index is 11.0. The Morgan fingerprint density at radius 2 is 2.32 bits per heavy atom. The monoisotopic (exact) mass is 266 g/mol. The highest BCUT2D eigenvalue weighted by atomic mass is 16.5. The topological polar surface area (TPSA) is 90.1 Å². The molecule has 0 spiro atoms. The van der Waals surface area contributed by atoms with E-state index in [0.717, 1.165) is 19.3 Å². The molecule has 3 atom stereocenters. The van der Waals surface area contributed by atoms with Gasteiger partial charge >= 0.3 is 5.97 Å². The predicted octanol–water partition coefficient (Wildman–Crippen LogP) is 1.20. The van der Waals surface area contributed by atoms with Crippen molar-refractivity contribution in [1.82, 2.24) is 20.2 Å². The molecular formula is C12H18N4O3. The molecule has 0 amide bonds. The van der Waals surface area contributed by atoms with Gasteiger partial charge < -0.3 is 9.84 Å². The lowest BCUT2D eigenvalue weighted by Gasteiger charge is -2.19. The van der Waals surface area contributed by atoms with Gasteiger partial charge in [-0.25, -0.2) is 4.68 Å². The maximum absolute atomic E-state index is 11.0. The Bertz CT molecular complexity index is 471. The third-order valence-electron chi connectivity index (χ3n) is 4.02. The second-order valence-corrected chi connectivity index (χ2v) is 5.54. The molecule has 1 saturated carbocycles. The van der Waals surface area contributed by atoms with Gasteiger partial charge in [0.2, 0.25) is 0 Å². The number of tetrazole rings is 1. The van der Waals surface area contributed by atoms with Crippen molar-refractivity contribution in [3.8, 4) is 0 Å². The van der Waals surface area contributed by atoms with Crippen molar-refractivity contribution in [1.29, 1.82) is 0 Å². The lowest BCUT2D eigenvalue weighted by Crippen LogP contribution is -2.22. The largest absolute Gasteiger partial charge is 0.481 e. The van der Waals surface area contributed by atoms with Crippen LogP contribution in [0.1, 0.15) is 50.6 Å². The molecule has 1 saturated heterocycles. The summed E-state index contributed by atoms with van der Waals surface area (Å²) in [6.07, 6.45) is 3.07. The van der Waals surface area contributed by atoms with Gasteiger partial charge in [0, 0.05) is 6.61 Å². The number of aliphatic carboxylic acids is 1. The van der Waals surface area contributed by atoms with Gasteiger partial charge in [-0.05, 0) is 41.5 Å². The summed E-state index contributed by atoms with van der Waals surface area (Å²) in [5.74, 6) is 0.631. The van der Waals surface area contributed by atoms with E-state index in [2.05, 4.69) is 22.4 Å². The minimum Gasteiger partial charge on any atom is -0.481 e. The molecule has 1 aromatic rings. The number of ether oxygens (including phenoxy) is 1. The molecule has 0 bridgehead atoms. The fraction of sp³-hybridized carbons (Fsp3) is 0.833. The molecule has 0 radical (unpaired) electrons. The number of nitrogens with zero attached hydrogens (tertiary/aromatic N) is 4. The molecule has 2 aliphatic rings. The van der Waals surface area contributed by atoms with Gasteiger partial charge in [0.05, 0.1) is 12.5 Å². The summed E-state index contributed by atoms with van der Waals surface area (Å²) in [4.78, 5) is 11.0. The summed E-state index contributed by atoms with van der Waals surface area (Å²) in [6, 6.07) is -0.140. The summed E-state index contributed by atoms with van der Waals surface area (Å²) >= 11 is 0. The third kappa shape index (κ3) is 2.47. The zero-order chi connectivity index (χ0) is 13.4. The molecule has 1 aromatic heterocycles. The number of aromatic nitrogens is 4. The molecule has 1 aliphatic heterocycles. The molecule has 3 unspecified atom stereocenters. The highest BCUT2D eigenvalue weighted by Gasteiger charge is 2.39. The lowest BCUT2D eigenvalue weighted by atomic mass is 10.0. The normalized spacial score (nSPS) is 28.5. The summed E-state index contributed by atoms with van der Waals surface area (Å²) < 4.78 is 7.39. The van der Waals surface area contributed by atoms with Crippen LogP contribution < -0.4 is 0 Å². The zero-order valence-corrected chi connectivity index (χ0v) is 10.9. The van der Waals surface area contributed by atoms with Crippen molar-refractivity contribution in [3.63, 3.8) is 0 Å². The average molecular weight is 266 g/mol. The van der Waals surface area contributed by atoms with Gasteiger partial charge in [-0.2, -0.15) is 0 Å². The highest BCUT2D eigenvalue weighted by molar-refractivity contribution is 5.67. The van der Waals surface area contributed by atoms with Crippen LogP contribution in [-0.4, -0.2) is 37.9 Å². The van der Waals surface area contributed by atoms with Gasteiger partial charge in [-0.3, -0.25) is 4.79 Å². The molecule has 7 nitrogen and oxygen atoms in total. The minimum absolute atomic E-state index is 0.0732. The van der Waals surface area contributed by atoms with Crippen molar-refractivity contribution in [2.24, 2.45) is 11.8 Å². The van der Waals surface area contributed by atoms with Crippen LogP contribution in [0.3, 0.4) is 0 Å². The van der Waals surface area contributed by atoms with Crippen LogP contribution >= 0.6 is 0 Å². The van der Waals surface area contributed by atoms with E-state index in [9.17, 15) is 4.79 Å². The first-order valence-electron chi connectivity index (χ1n) is 6.78. The Labute approximate surface area is 110 Å². The third-order valence-corrected chi connectivity index (χ3v) is 4.02. The summed E-state index contributed by atoms with van der Waals surface area (Å²) in [5.41, 5.74) is 0. The van der Waals surface area contributed by atoms with Crippen LogP contribution in [0.2, 0.25) is 0 Å². The molecule has 7 heteroatoms. The van der Waals surface area contributed by atoms with Crippen molar-refractivity contribution in [2.75, 3.05) is 6.61 Å². The van der Waals surface area contributed by atoms with Gasteiger partial charge in [0.1, 0.15) is 6.10 Å². The molecule has 2 fully saturated rings. The van der Waals surface area contributed by atoms with E-state index < -0.39 is 5.97 Å². The summed E-state index contributed by atoms with van der Waals surface area (Å²) in [7, 11) is 0. The Hall–Kier alpha value is -1.50. The Morgan fingerprint density at radius 3 is 2.89 bits per heavy atom. The number of carboxylic acid groups (broad SMARTS) is 1. The number of hydrogen-bond acceptors (Lipinski definition) is 5. The highest BCUT2D eigenvalue weighted by Crippen LogP contribution is 2.43. The van der Waals surface area contributed by atoms with Crippen molar-refractivity contribution in [3.05, 3.63) is 5.82 Å². The smallest absolute Gasteiger partial charge is 0.305 e. The SMILES string of the molecule is CC1CCOC1c1nnnn1C(CC(=O)O)C1CC1. The molecule has 104 valence electrons. The molecule has 0 aromatic carbocycles. The first kappa shape index (κ1) is 12.5. The summed E-state index contributed by atoms with van der Waals surface area (Å²) in [6.45, 7) is 2.83. The number of rotatable bonds is 5. The van der Waals surface area contributed by atoms with Crippen LogP contribution in [0.4, 0.5) is 0 Å². The van der Waals surface area contributed by atoms with Crippen molar-refractivity contribution in [2.45, 2.75) is 44.8 Å². The zero-order valence-electron chi connectivity index (χ0n) is 10.9. The maximum Gasteiger partial charge on any atom is 0.305 e. The number of carboxylic acids is 1. The molecule has 2 heterocycles. The van der Waals surface area contributed by atoms with Crippen LogP contribution in [-0.2, 0) is 9.53 Å². The fourth-order valence-electron chi connectivity index (χ4n) is 2.76. The van der Waals surface area contributed by atoms with Gasteiger partial charge in [0.25, 0.3) is 0 Å².